The van der Waals surface area contributed by atoms with E-state index in [1.807, 2.05) is 0 Å². The summed E-state index contributed by atoms with van der Waals surface area (Å²) in [5, 5.41) is 2.92. The van der Waals surface area contributed by atoms with Gasteiger partial charge < -0.3 is 10.1 Å². The van der Waals surface area contributed by atoms with Gasteiger partial charge in [-0.2, -0.15) is 0 Å². The molecule has 0 fully saturated rings. The van der Waals surface area contributed by atoms with Crippen LogP contribution in [-0.2, 0) is 4.79 Å². The number of ether oxygens (including phenoxy) is 1. The number of carbonyl (C=O) groups is 1. The van der Waals surface area contributed by atoms with Gasteiger partial charge in [-0.15, -0.1) is 0 Å². The third-order valence-corrected chi connectivity index (χ3v) is 4.57. The first-order valence-electron chi connectivity index (χ1n) is 7.97. The van der Waals surface area contributed by atoms with Crippen LogP contribution in [0, 0.1) is 5.82 Å². The number of hydrogen-bond donors (Lipinski definition) is 1. The number of anilines is 1. The highest BCUT2D eigenvalue weighted by Crippen LogP contribution is 2.18. The Morgan fingerprint density at radius 2 is 2.04 bits per heavy atom. The number of methoxy groups -OCH3 is 1. The van der Waals surface area contributed by atoms with Crippen molar-refractivity contribution in [3.05, 3.63) is 77.1 Å². The smallest absolute Gasteiger partial charge is 0.287 e. The second-order valence-electron chi connectivity index (χ2n) is 5.45. The summed E-state index contributed by atoms with van der Waals surface area (Å²) in [7, 11) is 1.55. The van der Waals surface area contributed by atoms with Crippen LogP contribution in [0.4, 0.5) is 10.1 Å². The van der Waals surface area contributed by atoms with E-state index in [0.717, 1.165) is 11.8 Å². The van der Waals surface area contributed by atoms with E-state index in [-0.39, 0.29) is 28.1 Å². The molecule has 0 aliphatic carbocycles. The van der Waals surface area contributed by atoms with Gasteiger partial charge in [-0.05, 0) is 36.4 Å². The van der Waals surface area contributed by atoms with E-state index in [2.05, 4.69) is 10.3 Å². The molecule has 0 spiro atoms. The molecule has 3 aromatic rings. The maximum atomic E-state index is 13.1. The topological polar surface area (TPSA) is 73.2 Å². The predicted molar refractivity (Wildman–Crippen MR) is 102 cm³/mol. The first-order valence-corrected chi connectivity index (χ1v) is 8.95. The van der Waals surface area contributed by atoms with Crippen LogP contribution in [0.25, 0.3) is 5.69 Å². The molecule has 0 aliphatic heterocycles. The summed E-state index contributed by atoms with van der Waals surface area (Å²) in [6.07, 6.45) is 2.96. The molecule has 0 aliphatic rings. The second kappa shape index (κ2) is 8.50. The average Bonchev–Trinajstić information content (AvgIpc) is 2.68. The Balaban J connectivity index is 1.69. The van der Waals surface area contributed by atoms with Gasteiger partial charge in [-0.3, -0.25) is 14.2 Å². The van der Waals surface area contributed by atoms with Crippen molar-refractivity contribution in [3.63, 3.8) is 0 Å². The van der Waals surface area contributed by atoms with E-state index in [0.29, 0.717) is 17.1 Å². The Labute approximate surface area is 159 Å². The maximum Gasteiger partial charge on any atom is 0.287 e. The molecule has 1 amide bonds. The molecular formula is C19H16FN3O3S. The van der Waals surface area contributed by atoms with Gasteiger partial charge in [0.05, 0.1) is 12.9 Å². The molecular weight excluding hydrogens is 369 g/mol. The molecule has 8 heteroatoms. The highest BCUT2D eigenvalue weighted by molar-refractivity contribution is 7.99. The minimum absolute atomic E-state index is 0.0207. The summed E-state index contributed by atoms with van der Waals surface area (Å²) in [6, 6.07) is 12.5. The summed E-state index contributed by atoms with van der Waals surface area (Å²) >= 11 is 1.03. The molecule has 0 bridgehead atoms. The highest BCUT2D eigenvalue weighted by atomic mass is 32.2. The molecule has 27 heavy (non-hydrogen) atoms. The molecule has 0 atom stereocenters. The number of hydrogen-bond acceptors (Lipinski definition) is 5. The lowest BCUT2D eigenvalue weighted by Crippen LogP contribution is -2.22. The average molecular weight is 385 g/mol. The van der Waals surface area contributed by atoms with Crippen molar-refractivity contribution in [1.29, 1.82) is 0 Å². The van der Waals surface area contributed by atoms with Crippen molar-refractivity contribution in [2.24, 2.45) is 0 Å². The Bertz CT molecular complexity index is 1010. The molecule has 0 saturated carbocycles. The lowest BCUT2D eigenvalue weighted by Gasteiger charge is -2.08. The molecule has 3 rings (SSSR count). The van der Waals surface area contributed by atoms with E-state index < -0.39 is 0 Å². The van der Waals surface area contributed by atoms with Gasteiger partial charge in [0.25, 0.3) is 5.56 Å². The van der Waals surface area contributed by atoms with Crippen LogP contribution >= 0.6 is 11.8 Å². The largest absolute Gasteiger partial charge is 0.497 e. The van der Waals surface area contributed by atoms with Crippen molar-refractivity contribution in [3.8, 4) is 11.4 Å². The summed E-state index contributed by atoms with van der Waals surface area (Å²) in [4.78, 5) is 28.7. The number of carbonyl (C=O) groups excluding carboxylic acids is 1. The summed E-state index contributed by atoms with van der Waals surface area (Å²) in [5.41, 5.74) is 0.750. The van der Waals surface area contributed by atoms with Crippen molar-refractivity contribution in [2.75, 3.05) is 18.2 Å². The van der Waals surface area contributed by atoms with Crippen molar-refractivity contribution in [1.82, 2.24) is 9.55 Å². The summed E-state index contributed by atoms with van der Waals surface area (Å²) in [5.74, 6) is -0.00367. The first-order chi connectivity index (χ1) is 13.1. The Morgan fingerprint density at radius 1 is 1.26 bits per heavy atom. The molecule has 138 valence electrons. The van der Waals surface area contributed by atoms with Gasteiger partial charge in [-0.1, -0.05) is 17.8 Å². The molecule has 2 aromatic carbocycles. The van der Waals surface area contributed by atoms with Crippen LogP contribution in [0.1, 0.15) is 0 Å². The van der Waals surface area contributed by atoms with Crippen LogP contribution in [0.2, 0.25) is 0 Å². The third kappa shape index (κ3) is 4.73. The normalized spacial score (nSPS) is 10.4. The lowest BCUT2D eigenvalue weighted by molar-refractivity contribution is -0.113. The number of thioether (sulfide) groups is 1. The van der Waals surface area contributed by atoms with E-state index in [1.54, 1.807) is 31.4 Å². The second-order valence-corrected chi connectivity index (χ2v) is 6.42. The minimum Gasteiger partial charge on any atom is -0.497 e. The number of aromatic nitrogens is 2. The molecule has 0 unspecified atom stereocenters. The maximum absolute atomic E-state index is 13.1. The van der Waals surface area contributed by atoms with Crippen LogP contribution in [0.5, 0.6) is 5.75 Å². The van der Waals surface area contributed by atoms with Gasteiger partial charge in [0.2, 0.25) is 5.91 Å². The third-order valence-electron chi connectivity index (χ3n) is 3.61. The number of benzene rings is 2. The van der Waals surface area contributed by atoms with Crippen LogP contribution in [0.15, 0.2) is 70.7 Å². The lowest BCUT2D eigenvalue weighted by atomic mass is 10.3. The fraction of sp³-hybridized carbons (Fsp3) is 0.105. The number of halogens is 1. The number of amides is 1. The monoisotopic (exact) mass is 385 g/mol. The van der Waals surface area contributed by atoms with Gasteiger partial charge in [0.1, 0.15) is 11.6 Å². The zero-order chi connectivity index (χ0) is 19.2. The van der Waals surface area contributed by atoms with Crippen molar-refractivity contribution < 1.29 is 13.9 Å². The molecule has 1 aromatic heterocycles. The molecule has 0 radical (unpaired) electrons. The SMILES string of the molecule is COc1cccc(NC(=O)CSc2nccn(-c3ccc(F)cc3)c2=O)c1. The standard InChI is InChI=1S/C19H16FN3O3S/c1-26-16-4-2-3-14(11-16)22-17(24)12-27-18-19(25)23(10-9-21-18)15-7-5-13(20)6-8-15/h2-11H,12H2,1H3,(H,22,24). The number of nitrogens with zero attached hydrogens (tertiary/aromatic N) is 2. The van der Waals surface area contributed by atoms with E-state index in [9.17, 15) is 14.0 Å². The molecule has 1 heterocycles. The fourth-order valence-corrected chi connectivity index (χ4v) is 3.03. The van der Waals surface area contributed by atoms with E-state index in [4.69, 9.17) is 4.74 Å². The predicted octanol–water partition coefficient (Wildman–Crippen LogP) is 3.11. The van der Waals surface area contributed by atoms with Gasteiger partial charge in [-0.25, -0.2) is 9.37 Å². The van der Waals surface area contributed by atoms with Crippen LogP contribution in [0.3, 0.4) is 0 Å². The Kier molecular flexibility index (Phi) is 5.87. The van der Waals surface area contributed by atoms with Crippen molar-refractivity contribution >= 4 is 23.4 Å². The Hall–Kier alpha value is -3.13. The van der Waals surface area contributed by atoms with E-state index >= 15 is 0 Å². The summed E-state index contributed by atoms with van der Waals surface area (Å²) < 4.78 is 19.5. The Morgan fingerprint density at radius 3 is 2.78 bits per heavy atom. The minimum atomic E-state index is -0.385. The first kappa shape index (κ1) is 18.7. The van der Waals surface area contributed by atoms with Crippen LogP contribution < -0.4 is 15.6 Å². The highest BCUT2D eigenvalue weighted by Gasteiger charge is 2.11. The number of rotatable bonds is 6. The number of nitrogens with one attached hydrogen (secondary N) is 1. The zero-order valence-electron chi connectivity index (χ0n) is 14.4. The zero-order valence-corrected chi connectivity index (χ0v) is 15.2. The van der Waals surface area contributed by atoms with Crippen LogP contribution in [-0.4, -0.2) is 28.3 Å². The molecule has 6 nitrogen and oxygen atoms in total. The summed E-state index contributed by atoms with van der Waals surface area (Å²) in [6.45, 7) is 0. The van der Waals surface area contributed by atoms with Gasteiger partial charge in [0, 0.05) is 29.8 Å². The van der Waals surface area contributed by atoms with E-state index in [1.165, 1.54) is 41.2 Å². The molecule has 0 saturated heterocycles. The van der Waals surface area contributed by atoms with Gasteiger partial charge in [0.15, 0.2) is 5.03 Å². The van der Waals surface area contributed by atoms with Crippen molar-refractivity contribution in [2.45, 2.75) is 5.03 Å². The van der Waals surface area contributed by atoms with Gasteiger partial charge >= 0.3 is 0 Å². The molecule has 1 N–H and O–H groups in total. The fourth-order valence-electron chi connectivity index (χ4n) is 2.33. The quantitative estimate of drug-likeness (QED) is 0.660.